The number of rotatable bonds is 4. The van der Waals surface area contributed by atoms with Crippen LogP contribution < -0.4 is 0 Å². The van der Waals surface area contributed by atoms with Crippen molar-refractivity contribution in [3.05, 3.63) is 29.3 Å². The molecular weight excluding hydrogens is 297 g/mol. The zero-order chi connectivity index (χ0) is 15.6. The zero-order valence-corrected chi connectivity index (χ0v) is 11.6. The summed E-state index contributed by atoms with van der Waals surface area (Å²) in [4.78, 5) is 11.0. The lowest BCUT2D eigenvalue weighted by Crippen LogP contribution is -2.12. The van der Waals surface area contributed by atoms with Gasteiger partial charge in [-0.15, -0.1) is 0 Å². The maximum absolute atomic E-state index is 12.2. The number of methoxy groups -OCH3 is 1. The first-order chi connectivity index (χ1) is 9.04. The van der Waals surface area contributed by atoms with Crippen molar-refractivity contribution >= 4 is 15.8 Å². The van der Waals surface area contributed by atoms with E-state index < -0.39 is 34.8 Å². The fourth-order valence-electron chi connectivity index (χ4n) is 1.63. The first-order valence-corrected chi connectivity index (χ1v) is 7.42. The van der Waals surface area contributed by atoms with Gasteiger partial charge in [0.05, 0.1) is 17.6 Å². The molecule has 8 heteroatoms. The first kappa shape index (κ1) is 16.5. The van der Waals surface area contributed by atoms with Crippen LogP contribution in [-0.4, -0.2) is 33.9 Å². The van der Waals surface area contributed by atoms with Gasteiger partial charge in [0, 0.05) is 12.7 Å². The average molecular weight is 310 g/mol. The Kier molecular flexibility index (Phi) is 4.80. The summed E-state index contributed by atoms with van der Waals surface area (Å²) in [6.45, 7) is 0. The Morgan fingerprint density at radius 3 is 2.35 bits per heavy atom. The van der Waals surface area contributed by atoms with E-state index in [9.17, 15) is 26.4 Å². The highest BCUT2D eigenvalue weighted by Crippen LogP contribution is 2.26. The summed E-state index contributed by atoms with van der Waals surface area (Å²) in [7, 11) is -2.62. The normalized spacial score (nSPS) is 12.2. The highest BCUT2D eigenvalue weighted by molar-refractivity contribution is 7.90. The molecule has 1 aromatic rings. The Bertz CT molecular complexity index is 606. The fourth-order valence-corrected chi connectivity index (χ4v) is 2.61. The van der Waals surface area contributed by atoms with E-state index in [1.54, 1.807) is 0 Å². The minimum absolute atomic E-state index is 0.0244. The molecule has 20 heavy (non-hydrogen) atoms. The monoisotopic (exact) mass is 310 g/mol. The van der Waals surface area contributed by atoms with Gasteiger partial charge in [-0.1, -0.05) is 6.07 Å². The quantitative estimate of drug-likeness (QED) is 0.801. The standard InChI is InChI=1S/C12H13F3O4S/c1-19-11(16)9-4-3-8(5-6-12(13,14)15)10(7-9)20(2,17)18/h3-4,7H,5-6H2,1-2H3. The Balaban J connectivity index is 3.22. The van der Waals surface area contributed by atoms with Crippen molar-refractivity contribution in [2.24, 2.45) is 0 Å². The van der Waals surface area contributed by atoms with Crippen LogP contribution in [0.25, 0.3) is 0 Å². The molecule has 0 spiro atoms. The maximum Gasteiger partial charge on any atom is 0.389 e. The van der Waals surface area contributed by atoms with Gasteiger partial charge in [0.25, 0.3) is 0 Å². The SMILES string of the molecule is COC(=O)c1ccc(CCC(F)(F)F)c(S(C)(=O)=O)c1. The van der Waals surface area contributed by atoms with Crippen molar-refractivity contribution in [2.45, 2.75) is 23.9 Å². The number of hydrogen-bond acceptors (Lipinski definition) is 4. The summed E-state index contributed by atoms with van der Waals surface area (Å²) < 4.78 is 64.3. The van der Waals surface area contributed by atoms with E-state index in [1.807, 2.05) is 0 Å². The number of hydrogen-bond donors (Lipinski definition) is 0. The number of ether oxygens (including phenoxy) is 1. The third kappa shape index (κ3) is 4.52. The van der Waals surface area contributed by atoms with Crippen LogP contribution in [0.3, 0.4) is 0 Å². The molecule has 0 aliphatic rings. The summed E-state index contributed by atoms with van der Waals surface area (Å²) in [6, 6.07) is 3.48. The lowest BCUT2D eigenvalue weighted by molar-refractivity contribution is -0.134. The number of aryl methyl sites for hydroxylation is 1. The van der Waals surface area contributed by atoms with Crippen LogP contribution in [0.5, 0.6) is 0 Å². The molecule has 1 rings (SSSR count). The average Bonchev–Trinajstić information content (AvgIpc) is 2.33. The highest BCUT2D eigenvalue weighted by atomic mass is 32.2. The molecular formula is C12H13F3O4S. The van der Waals surface area contributed by atoms with Gasteiger partial charge in [-0.2, -0.15) is 13.2 Å². The van der Waals surface area contributed by atoms with Crippen LogP contribution in [0.15, 0.2) is 23.1 Å². The fraction of sp³-hybridized carbons (Fsp3) is 0.417. The molecule has 1 aromatic carbocycles. The molecule has 0 bridgehead atoms. The smallest absolute Gasteiger partial charge is 0.389 e. The molecule has 0 saturated carbocycles. The minimum Gasteiger partial charge on any atom is -0.465 e. The van der Waals surface area contributed by atoms with E-state index in [4.69, 9.17) is 0 Å². The Morgan fingerprint density at radius 1 is 1.30 bits per heavy atom. The lowest BCUT2D eigenvalue weighted by atomic mass is 10.1. The number of halogens is 3. The Hall–Kier alpha value is -1.57. The van der Waals surface area contributed by atoms with Gasteiger partial charge in [-0.25, -0.2) is 13.2 Å². The topological polar surface area (TPSA) is 60.4 Å². The van der Waals surface area contributed by atoms with Gasteiger partial charge >= 0.3 is 12.1 Å². The van der Waals surface area contributed by atoms with Crippen LogP contribution in [0.2, 0.25) is 0 Å². The molecule has 112 valence electrons. The number of esters is 1. The van der Waals surface area contributed by atoms with Gasteiger partial charge in [0.2, 0.25) is 0 Å². The molecule has 0 aromatic heterocycles. The van der Waals surface area contributed by atoms with Crippen LogP contribution in [0.1, 0.15) is 22.3 Å². The van der Waals surface area contributed by atoms with Crippen molar-refractivity contribution in [1.82, 2.24) is 0 Å². The molecule has 4 nitrogen and oxygen atoms in total. The molecule has 0 atom stereocenters. The van der Waals surface area contributed by atoms with E-state index in [-0.39, 0.29) is 16.0 Å². The first-order valence-electron chi connectivity index (χ1n) is 5.52. The molecule has 0 N–H and O–H groups in total. The van der Waals surface area contributed by atoms with E-state index in [0.29, 0.717) is 0 Å². The van der Waals surface area contributed by atoms with Crippen LogP contribution >= 0.6 is 0 Å². The van der Waals surface area contributed by atoms with Crippen molar-refractivity contribution in [2.75, 3.05) is 13.4 Å². The number of carbonyl (C=O) groups is 1. The number of benzene rings is 1. The summed E-state index contributed by atoms with van der Waals surface area (Å²) in [6.07, 6.45) is -5.10. The summed E-state index contributed by atoms with van der Waals surface area (Å²) in [5.74, 6) is -0.753. The van der Waals surface area contributed by atoms with Gasteiger partial charge in [-0.3, -0.25) is 0 Å². The summed E-state index contributed by atoms with van der Waals surface area (Å²) >= 11 is 0. The Morgan fingerprint density at radius 2 is 1.90 bits per heavy atom. The largest absolute Gasteiger partial charge is 0.465 e. The molecule has 0 saturated heterocycles. The third-order valence-corrected chi connectivity index (χ3v) is 3.74. The number of alkyl halides is 3. The van der Waals surface area contributed by atoms with E-state index in [0.717, 1.165) is 19.4 Å². The van der Waals surface area contributed by atoms with E-state index in [1.165, 1.54) is 12.1 Å². The van der Waals surface area contributed by atoms with Gasteiger partial charge in [-0.05, 0) is 24.1 Å². The van der Waals surface area contributed by atoms with Crippen molar-refractivity contribution in [3.63, 3.8) is 0 Å². The lowest BCUT2D eigenvalue weighted by Gasteiger charge is -2.11. The number of carbonyl (C=O) groups excluding carboxylic acids is 1. The zero-order valence-electron chi connectivity index (χ0n) is 10.8. The third-order valence-electron chi connectivity index (χ3n) is 2.57. The van der Waals surface area contributed by atoms with Crippen molar-refractivity contribution in [3.8, 4) is 0 Å². The predicted molar refractivity (Wildman–Crippen MR) is 65.3 cm³/mol. The number of sulfone groups is 1. The van der Waals surface area contributed by atoms with Crippen LogP contribution in [-0.2, 0) is 21.0 Å². The maximum atomic E-state index is 12.2. The second-order valence-electron chi connectivity index (χ2n) is 4.20. The molecule has 0 unspecified atom stereocenters. The Labute approximate surface area is 114 Å². The van der Waals surface area contributed by atoms with Gasteiger partial charge in [0.15, 0.2) is 9.84 Å². The molecule has 0 amide bonds. The molecule has 0 aliphatic carbocycles. The van der Waals surface area contributed by atoms with Gasteiger partial charge < -0.3 is 4.74 Å². The van der Waals surface area contributed by atoms with Crippen LogP contribution in [0, 0.1) is 0 Å². The predicted octanol–water partition coefficient (Wildman–Crippen LogP) is 2.37. The molecule has 0 aliphatic heterocycles. The molecule has 0 radical (unpaired) electrons. The van der Waals surface area contributed by atoms with Crippen molar-refractivity contribution < 1.29 is 31.1 Å². The summed E-state index contributed by atoms with van der Waals surface area (Å²) in [5, 5.41) is 0. The van der Waals surface area contributed by atoms with E-state index >= 15 is 0 Å². The van der Waals surface area contributed by atoms with Crippen molar-refractivity contribution in [1.29, 1.82) is 0 Å². The summed E-state index contributed by atoms with van der Waals surface area (Å²) in [5.41, 5.74) is 0.00108. The van der Waals surface area contributed by atoms with E-state index in [2.05, 4.69) is 4.74 Å². The second-order valence-corrected chi connectivity index (χ2v) is 6.19. The van der Waals surface area contributed by atoms with Crippen LogP contribution in [0.4, 0.5) is 13.2 Å². The molecule has 0 fully saturated rings. The minimum atomic E-state index is -4.38. The highest BCUT2D eigenvalue weighted by Gasteiger charge is 2.28. The second kappa shape index (κ2) is 5.82. The molecule has 0 heterocycles. The van der Waals surface area contributed by atoms with Gasteiger partial charge in [0.1, 0.15) is 0 Å².